The van der Waals surface area contributed by atoms with Gasteiger partial charge in [0.15, 0.2) is 0 Å². The molecule has 2 fully saturated rings. The summed E-state index contributed by atoms with van der Waals surface area (Å²) in [7, 11) is 0. The number of anilines is 1. The van der Waals surface area contributed by atoms with Crippen molar-refractivity contribution in [1.29, 1.82) is 0 Å². The van der Waals surface area contributed by atoms with Gasteiger partial charge in [-0.1, -0.05) is 18.2 Å². The third-order valence-corrected chi connectivity index (χ3v) is 7.15. The second-order valence-electron chi connectivity index (χ2n) is 10.1. The van der Waals surface area contributed by atoms with E-state index in [1.807, 2.05) is 32.0 Å². The second kappa shape index (κ2) is 9.97. The third kappa shape index (κ3) is 4.83. The first-order chi connectivity index (χ1) is 17.8. The zero-order valence-corrected chi connectivity index (χ0v) is 21.4. The highest BCUT2D eigenvalue weighted by molar-refractivity contribution is 6.16. The number of benzene rings is 2. The minimum atomic E-state index is -1.09. The molecule has 37 heavy (non-hydrogen) atoms. The van der Waals surface area contributed by atoms with Crippen LogP contribution in [0.15, 0.2) is 60.9 Å². The molecule has 2 aromatic carbocycles. The van der Waals surface area contributed by atoms with Crippen molar-refractivity contribution < 1.29 is 18.7 Å². The van der Waals surface area contributed by atoms with E-state index in [1.165, 1.54) is 21.9 Å². The number of aromatic nitrogens is 2. The molecule has 2 saturated heterocycles. The van der Waals surface area contributed by atoms with Crippen LogP contribution >= 0.6 is 0 Å². The average molecular weight is 506 g/mol. The topological polar surface area (TPSA) is 81.8 Å². The van der Waals surface area contributed by atoms with Crippen molar-refractivity contribution >= 4 is 17.6 Å². The molecule has 3 heterocycles. The van der Waals surface area contributed by atoms with Gasteiger partial charge in [0.1, 0.15) is 22.9 Å². The lowest BCUT2D eigenvalue weighted by Crippen LogP contribution is -2.59. The third-order valence-electron chi connectivity index (χ3n) is 7.15. The van der Waals surface area contributed by atoms with Crippen LogP contribution < -0.4 is 9.64 Å². The maximum atomic E-state index is 14.2. The highest BCUT2D eigenvalue weighted by atomic mass is 19.1. The number of likely N-dealkylation sites (tertiary alicyclic amines) is 1. The van der Waals surface area contributed by atoms with Crippen LogP contribution in [0, 0.1) is 5.82 Å². The van der Waals surface area contributed by atoms with E-state index in [-0.39, 0.29) is 24.6 Å². The van der Waals surface area contributed by atoms with Gasteiger partial charge in [-0.3, -0.25) is 19.5 Å². The van der Waals surface area contributed by atoms with E-state index in [1.54, 1.807) is 24.5 Å². The Morgan fingerprint density at radius 2 is 1.97 bits per heavy atom. The summed E-state index contributed by atoms with van der Waals surface area (Å²) < 4.78 is 20.1. The van der Waals surface area contributed by atoms with Crippen molar-refractivity contribution in [3.05, 3.63) is 78.1 Å². The average Bonchev–Trinajstić information content (AvgIpc) is 3.43. The van der Waals surface area contributed by atoms with Crippen LogP contribution in [0.3, 0.4) is 0 Å². The Kier molecular flexibility index (Phi) is 6.72. The zero-order valence-electron chi connectivity index (χ0n) is 21.4. The predicted molar refractivity (Wildman–Crippen MR) is 137 cm³/mol. The minimum absolute atomic E-state index is 0.000190. The number of piperidine rings is 1. The molecule has 9 heteroatoms. The van der Waals surface area contributed by atoms with Gasteiger partial charge in [0.05, 0.1) is 12.6 Å². The van der Waals surface area contributed by atoms with E-state index < -0.39 is 17.4 Å². The molecule has 0 saturated carbocycles. The first-order valence-electron chi connectivity index (χ1n) is 12.7. The molecule has 5 rings (SSSR count). The molecular weight excluding hydrogens is 473 g/mol. The summed E-state index contributed by atoms with van der Waals surface area (Å²) in [6, 6.07) is 13.5. The number of carbonyl (C=O) groups excluding carboxylic acids is 2. The molecule has 0 radical (unpaired) electrons. The van der Waals surface area contributed by atoms with Crippen LogP contribution in [0.1, 0.15) is 45.0 Å². The molecule has 3 aromatic rings. The van der Waals surface area contributed by atoms with Crippen LogP contribution in [0.5, 0.6) is 5.75 Å². The summed E-state index contributed by atoms with van der Waals surface area (Å²) in [5, 5.41) is 0. The number of urea groups is 1. The molecule has 3 amide bonds. The monoisotopic (exact) mass is 505 g/mol. The normalized spacial score (nSPS) is 22.5. The van der Waals surface area contributed by atoms with Crippen LogP contribution in [0.25, 0.3) is 0 Å². The number of ether oxygens (including phenoxy) is 1. The molecule has 2 aliphatic heterocycles. The number of hydrogen-bond acceptors (Lipinski definition) is 5. The number of rotatable bonds is 7. The number of nitrogens with one attached hydrogen (secondary N) is 1. The summed E-state index contributed by atoms with van der Waals surface area (Å²) in [6.45, 7) is 7.42. The Morgan fingerprint density at radius 1 is 1.16 bits per heavy atom. The van der Waals surface area contributed by atoms with E-state index in [0.717, 1.165) is 11.3 Å². The Morgan fingerprint density at radius 3 is 2.68 bits per heavy atom. The van der Waals surface area contributed by atoms with Crippen molar-refractivity contribution in [3.8, 4) is 5.75 Å². The number of hydrogen-bond donors (Lipinski definition) is 1. The molecule has 1 N–H and O–H groups in total. The van der Waals surface area contributed by atoms with E-state index in [9.17, 15) is 14.0 Å². The summed E-state index contributed by atoms with van der Waals surface area (Å²) in [5.41, 5.74) is 0.423. The van der Waals surface area contributed by atoms with Crippen LogP contribution in [-0.2, 0) is 17.9 Å². The quantitative estimate of drug-likeness (QED) is 0.470. The number of nitrogens with zero attached hydrogens (tertiary/aromatic N) is 4. The van der Waals surface area contributed by atoms with Gasteiger partial charge in [-0.05, 0) is 69.5 Å². The lowest BCUT2D eigenvalue weighted by Gasteiger charge is -2.45. The largest absolute Gasteiger partial charge is 0.491 e. The van der Waals surface area contributed by atoms with Gasteiger partial charge < -0.3 is 9.72 Å². The number of halogens is 1. The van der Waals surface area contributed by atoms with Crippen molar-refractivity contribution in [2.45, 2.75) is 64.4 Å². The lowest BCUT2D eigenvalue weighted by atomic mass is 9.81. The number of imide groups is 1. The predicted octanol–water partition coefficient (Wildman–Crippen LogP) is 4.73. The molecule has 8 nitrogen and oxygen atoms in total. The number of aromatic amines is 1. The van der Waals surface area contributed by atoms with Crippen LogP contribution in [-0.4, -0.2) is 55.9 Å². The number of imidazole rings is 1. The maximum absolute atomic E-state index is 14.2. The maximum Gasteiger partial charge on any atom is 0.332 e. The van der Waals surface area contributed by atoms with Gasteiger partial charge >= 0.3 is 6.03 Å². The Balaban J connectivity index is 1.42. The molecule has 1 aromatic heterocycles. The molecule has 2 aliphatic rings. The van der Waals surface area contributed by atoms with Gasteiger partial charge in [-0.15, -0.1) is 0 Å². The molecule has 1 spiro atoms. The van der Waals surface area contributed by atoms with Gasteiger partial charge in [0.2, 0.25) is 0 Å². The van der Waals surface area contributed by atoms with Gasteiger partial charge in [0, 0.05) is 37.2 Å². The minimum Gasteiger partial charge on any atom is -0.491 e. The number of carbonyl (C=O) groups is 2. The lowest BCUT2D eigenvalue weighted by molar-refractivity contribution is -0.133. The fourth-order valence-corrected chi connectivity index (χ4v) is 5.51. The van der Waals surface area contributed by atoms with Gasteiger partial charge in [-0.25, -0.2) is 14.2 Å². The first kappa shape index (κ1) is 25.0. The molecule has 0 bridgehead atoms. The van der Waals surface area contributed by atoms with Gasteiger partial charge in [-0.2, -0.15) is 0 Å². The highest BCUT2D eigenvalue weighted by Crippen LogP contribution is 2.43. The summed E-state index contributed by atoms with van der Waals surface area (Å²) in [6.07, 6.45) is 4.21. The second-order valence-corrected chi connectivity index (χ2v) is 10.1. The number of amides is 3. The molecule has 2 atom stereocenters. The Labute approximate surface area is 216 Å². The van der Waals surface area contributed by atoms with Crippen molar-refractivity contribution in [2.75, 3.05) is 11.4 Å². The van der Waals surface area contributed by atoms with Crippen LogP contribution in [0.4, 0.5) is 14.9 Å². The van der Waals surface area contributed by atoms with Crippen LogP contribution in [0.2, 0.25) is 0 Å². The molecular formula is C28H32FN5O3. The van der Waals surface area contributed by atoms with Crippen molar-refractivity contribution in [2.24, 2.45) is 0 Å². The highest BCUT2D eigenvalue weighted by Gasteiger charge is 2.59. The summed E-state index contributed by atoms with van der Waals surface area (Å²) in [4.78, 5) is 39.8. The summed E-state index contributed by atoms with van der Waals surface area (Å²) >= 11 is 0. The van der Waals surface area contributed by atoms with Crippen molar-refractivity contribution in [3.63, 3.8) is 0 Å². The zero-order chi connectivity index (χ0) is 26.2. The standard InChI is InChI=1S/C28H32FN5O3/c1-19(2)37-24-9-4-6-21(14-24)17-32-13-10-28(16-20(32)3)26(35)33(18-25-30-11-12-31-25)27(36)34(28)23-8-5-7-22(29)15-23/h4-9,11-12,14-15,19-20H,10,13,16-18H2,1-3H3,(H,30,31)/t20-,28+/m0/s1. The first-order valence-corrected chi connectivity index (χ1v) is 12.7. The van der Waals surface area contributed by atoms with E-state index in [4.69, 9.17) is 4.74 Å². The fourth-order valence-electron chi connectivity index (χ4n) is 5.51. The Hall–Kier alpha value is -3.72. The molecule has 194 valence electrons. The SMILES string of the molecule is CC(C)Oc1cccc(CN2CC[C@@]3(C[C@@H]2C)C(=O)N(Cc2ncc[nH]2)C(=O)N3c2cccc(F)c2)c1. The molecule has 0 aliphatic carbocycles. The Bertz CT molecular complexity index is 1280. The smallest absolute Gasteiger partial charge is 0.332 e. The van der Waals surface area contributed by atoms with Gasteiger partial charge in [0.25, 0.3) is 5.91 Å². The van der Waals surface area contributed by atoms with E-state index in [2.05, 4.69) is 27.9 Å². The van der Waals surface area contributed by atoms with E-state index in [0.29, 0.717) is 37.4 Å². The van der Waals surface area contributed by atoms with E-state index >= 15 is 0 Å². The summed E-state index contributed by atoms with van der Waals surface area (Å²) in [5.74, 6) is 0.631. The number of H-pyrrole nitrogens is 1. The molecule has 0 unspecified atom stereocenters. The van der Waals surface area contributed by atoms with Crippen molar-refractivity contribution in [1.82, 2.24) is 19.8 Å². The fraction of sp³-hybridized carbons (Fsp3) is 0.393.